The van der Waals surface area contributed by atoms with E-state index in [2.05, 4.69) is 43.4 Å². The third-order valence-electron chi connectivity index (χ3n) is 2.79. The zero-order valence-electron chi connectivity index (χ0n) is 11.5. The highest BCUT2D eigenvalue weighted by molar-refractivity contribution is 5.69. The summed E-state index contributed by atoms with van der Waals surface area (Å²) < 4.78 is 4.86. The van der Waals surface area contributed by atoms with Gasteiger partial charge in [-0.3, -0.25) is 4.79 Å². The van der Waals surface area contributed by atoms with E-state index in [0.717, 1.165) is 6.54 Å². The van der Waals surface area contributed by atoms with Crippen molar-refractivity contribution < 1.29 is 9.53 Å². The average molecular weight is 249 g/mol. The van der Waals surface area contributed by atoms with E-state index in [-0.39, 0.29) is 5.97 Å². The molecule has 0 aliphatic heterocycles. The molecule has 0 aromatic heterocycles. The van der Waals surface area contributed by atoms with Gasteiger partial charge in [-0.15, -0.1) is 0 Å². The van der Waals surface area contributed by atoms with Gasteiger partial charge in [-0.25, -0.2) is 0 Å². The highest BCUT2D eigenvalue weighted by Gasteiger charge is 2.01. The molecular weight excluding hydrogens is 226 g/mol. The van der Waals surface area contributed by atoms with Gasteiger partial charge in [-0.1, -0.05) is 38.1 Å². The zero-order chi connectivity index (χ0) is 13.4. The highest BCUT2D eigenvalue weighted by Crippen LogP contribution is 2.14. The van der Waals surface area contributed by atoms with E-state index in [0.29, 0.717) is 25.5 Å². The number of rotatable bonds is 7. The van der Waals surface area contributed by atoms with Crippen molar-refractivity contribution >= 4 is 5.97 Å². The molecule has 1 aromatic carbocycles. The zero-order valence-corrected chi connectivity index (χ0v) is 11.5. The molecule has 18 heavy (non-hydrogen) atoms. The number of hydrogen-bond acceptors (Lipinski definition) is 3. The number of ether oxygens (including phenoxy) is 1. The first-order chi connectivity index (χ1) is 8.63. The third-order valence-corrected chi connectivity index (χ3v) is 2.79. The smallest absolute Gasteiger partial charge is 0.307 e. The summed E-state index contributed by atoms with van der Waals surface area (Å²) in [7, 11) is 0. The van der Waals surface area contributed by atoms with Crippen LogP contribution in [0.4, 0.5) is 0 Å². The predicted octanol–water partition coefficient (Wildman–Crippen LogP) is 2.85. The molecule has 0 saturated heterocycles. The number of esters is 1. The van der Waals surface area contributed by atoms with Gasteiger partial charge in [0.15, 0.2) is 0 Å². The van der Waals surface area contributed by atoms with Crippen LogP contribution < -0.4 is 5.32 Å². The van der Waals surface area contributed by atoms with E-state index in [4.69, 9.17) is 4.74 Å². The molecule has 3 heteroatoms. The Hall–Kier alpha value is -1.35. The molecule has 0 spiro atoms. The van der Waals surface area contributed by atoms with Crippen LogP contribution in [-0.2, 0) is 16.1 Å². The van der Waals surface area contributed by atoms with Gasteiger partial charge >= 0.3 is 5.97 Å². The fourth-order valence-electron chi connectivity index (χ4n) is 1.68. The maximum Gasteiger partial charge on any atom is 0.307 e. The van der Waals surface area contributed by atoms with Crippen LogP contribution in [0.5, 0.6) is 0 Å². The van der Waals surface area contributed by atoms with E-state index in [1.54, 1.807) is 0 Å². The topological polar surface area (TPSA) is 38.3 Å². The van der Waals surface area contributed by atoms with Crippen LogP contribution in [0.2, 0.25) is 0 Å². The molecule has 0 atom stereocenters. The first-order valence-corrected chi connectivity index (χ1v) is 6.58. The molecule has 0 fully saturated rings. The van der Waals surface area contributed by atoms with Crippen molar-refractivity contribution in [2.45, 2.75) is 39.7 Å². The Labute approximate surface area is 110 Å². The van der Waals surface area contributed by atoms with Crippen molar-refractivity contribution in [1.82, 2.24) is 5.32 Å². The van der Waals surface area contributed by atoms with Gasteiger partial charge < -0.3 is 10.1 Å². The van der Waals surface area contributed by atoms with Crippen molar-refractivity contribution in [3.63, 3.8) is 0 Å². The Balaban J connectivity index is 2.25. The van der Waals surface area contributed by atoms with Crippen LogP contribution in [0.15, 0.2) is 24.3 Å². The molecule has 1 rings (SSSR count). The van der Waals surface area contributed by atoms with E-state index in [1.165, 1.54) is 11.1 Å². The van der Waals surface area contributed by atoms with E-state index in [9.17, 15) is 4.79 Å². The van der Waals surface area contributed by atoms with Crippen LogP contribution in [0.3, 0.4) is 0 Å². The van der Waals surface area contributed by atoms with Crippen LogP contribution in [0.1, 0.15) is 44.2 Å². The first-order valence-electron chi connectivity index (χ1n) is 6.58. The summed E-state index contributed by atoms with van der Waals surface area (Å²) in [6.07, 6.45) is 0.428. The molecular formula is C15H23NO2. The number of hydrogen-bond donors (Lipinski definition) is 1. The fraction of sp³-hybridized carbons (Fsp3) is 0.533. The average Bonchev–Trinajstić information content (AvgIpc) is 2.35. The lowest BCUT2D eigenvalue weighted by Crippen LogP contribution is -2.19. The monoisotopic (exact) mass is 249 g/mol. The number of nitrogens with one attached hydrogen (secondary N) is 1. The normalized spacial score (nSPS) is 10.7. The van der Waals surface area contributed by atoms with Gasteiger partial charge in [-0.05, 0) is 24.0 Å². The van der Waals surface area contributed by atoms with Crippen molar-refractivity contribution in [2.24, 2.45) is 0 Å². The lowest BCUT2D eigenvalue weighted by Gasteiger charge is -2.08. The maximum absolute atomic E-state index is 11.1. The Morgan fingerprint density at radius 1 is 1.28 bits per heavy atom. The number of carbonyl (C=O) groups excluding carboxylic acids is 1. The summed E-state index contributed by atoms with van der Waals surface area (Å²) in [5.41, 5.74) is 2.59. The minimum atomic E-state index is -0.139. The molecule has 0 radical (unpaired) electrons. The first kappa shape index (κ1) is 14.7. The standard InChI is InChI=1S/C15H23NO2/c1-4-18-15(17)9-10-16-11-13-5-7-14(8-6-13)12(2)3/h5-8,12,16H,4,9-11H2,1-3H3. The summed E-state index contributed by atoms with van der Waals surface area (Å²) in [6.45, 7) is 8.10. The summed E-state index contributed by atoms with van der Waals surface area (Å²) in [5, 5.41) is 3.24. The molecule has 0 heterocycles. The molecule has 0 aliphatic rings. The Morgan fingerprint density at radius 3 is 2.50 bits per heavy atom. The molecule has 0 bridgehead atoms. The summed E-state index contributed by atoms with van der Waals surface area (Å²) >= 11 is 0. The van der Waals surface area contributed by atoms with Crippen LogP contribution in [0.25, 0.3) is 0 Å². The van der Waals surface area contributed by atoms with Crippen molar-refractivity contribution in [3.8, 4) is 0 Å². The molecule has 0 aliphatic carbocycles. The second-order valence-corrected chi connectivity index (χ2v) is 4.63. The van der Waals surface area contributed by atoms with E-state index >= 15 is 0 Å². The Morgan fingerprint density at radius 2 is 1.94 bits per heavy atom. The fourth-order valence-corrected chi connectivity index (χ4v) is 1.68. The quantitative estimate of drug-likeness (QED) is 0.596. The largest absolute Gasteiger partial charge is 0.466 e. The summed E-state index contributed by atoms with van der Waals surface area (Å²) in [5.74, 6) is 0.427. The van der Waals surface area contributed by atoms with Gasteiger partial charge in [0.25, 0.3) is 0 Å². The number of benzene rings is 1. The van der Waals surface area contributed by atoms with E-state index in [1.807, 2.05) is 6.92 Å². The highest BCUT2D eigenvalue weighted by atomic mass is 16.5. The molecule has 100 valence electrons. The van der Waals surface area contributed by atoms with Crippen LogP contribution in [-0.4, -0.2) is 19.1 Å². The molecule has 3 nitrogen and oxygen atoms in total. The van der Waals surface area contributed by atoms with Gasteiger partial charge in [0.1, 0.15) is 0 Å². The molecule has 1 aromatic rings. The van der Waals surface area contributed by atoms with Crippen molar-refractivity contribution in [2.75, 3.05) is 13.2 Å². The van der Waals surface area contributed by atoms with E-state index < -0.39 is 0 Å². The third kappa shape index (κ3) is 5.32. The summed E-state index contributed by atoms with van der Waals surface area (Å²) in [4.78, 5) is 11.1. The van der Waals surface area contributed by atoms with Gasteiger partial charge in [0.2, 0.25) is 0 Å². The second kappa shape index (κ2) is 7.88. The second-order valence-electron chi connectivity index (χ2n) is 4.63. The Bertz CT molecular complexity index is 357. The van der Waals surface area contributed by atoms with Gasteiger partial charge in [-0.2, -0.15) is 0 Å². The van der Waals surface area contributed by atoms with Crippen LogP contribution in [0, 0.1) is 0 Å². The predicted molar refractivity (Wildman–Crippen MR) is 73.5 cm³/mol. The minimum absolute atomic E-state index is 0.139. The maximum atomic E-state index is 11.1. The Kier molecular flexibility index (Phi) is 6.44. The minimum Gasteiger partial charge on any atom is -0.466 e. The van der Waals surface area contributed by atoms with Gasteiger partial charge in [0, 0.05) is 13.1 Å². The van der Waals surface area contributed by atoms with Crippen molar-refractivity contribution in [3.05, 3.63) is 35.4 Å². The lowest BCUT2D eigenvalue weighted by atomic mass is 10.0. The lowest BCUT2D eigenvalue weighted by molar-refractivity contribution is -0.142. The van der Waals surface area contributed by atoms with Crippen LogP contribution >= 0.6 is 0 Å². The number of carbonyl (C=O) groups is 1. The molecule has 0 amide bonds. The molecule has 0 unspecified atom stereocenters. The van der Waals surface area contributed by atoms with Crippen molar-refractivity contribution in [1.29, 1.82) is 0 Å². The molecule has 0 saturated carbocycles. The molecule has 1 N–H and O–H groups in total. The van der Waals surface area contributed by atoms with Gasteiger partial charge in [0.05, 0.1) is 13.0 Å². The summed E-state index contributed by atoms with van der Waals surface area (Å²) in [6, 6.07) is 8.58. The SMILES string of the molecule is CCOC(=O)CCNCc1ccc(C(C)C)cc1.